The Hall–Kier alpha value is -3.91. The van der Waals surface area contributed by atoms with Crippen molar-refractivity contribution < 1.29 is 9.90 Å². The zero-order valence-electron chi connectivity index (χ0n) is 15.7. The molecule has 2 heterocycles. The van der Waals surface area contributed by atoms with Crippen LogP contribution in [0, 0.1) is 0 Å². The summed E-state index contributed by atoms with van der Waals surface area (Å²) in [7, 11) is 0. The van der Waals surface area contributed by atoms with E-state index in [0.29, 0.717) is 16.4 Å². The number of rotatable bonds is 3. The lowest BCUT2D eigenvalue weighted by Crippen LogP contribution is -2.30. The number of nitrogens with zero attached hydrogens (tertiary/aromatic N) is 3. The molecular weight excluding hydrogens is 408 g/mol. The molecule has 150 valence electrons. The van der Waals surface area contributed by atoms with Gasteiger partial charge in [-0.3, -0.25) is 14.6 Å². The molecule has 1 aliphatic heterocycles. The van der Waals surface area contributed by atoms with Gasteiger partial charge in [-0.15, -0.1) is 0 Å². The van der Waals surface area contributed by atoms with Gasteiger partial charge in [0.05, 0.1) is 22.7 Å². The minimum absolute atomic E-state index is 0.121. The van der Waals surface area contributed by atoms with Gasteiger partial charge in [0.1, 0.15) is 5.56 Å². The summed E-state index contributed by atoms with van der Waals surface area (Å²) in [5.41, 5.74) is -0.610. The molecule has 2 aromatic carbocycles. The first-order chi connectivity index (χ1) is 14.4. The van der Waals surface area contributed by atoms with Crippen molar-refractivity contribution in [1.29, 1.82) is 0 Å². The topological polar surface area (TPSA) is 108 Å². The van der Waals surface area contributed by atoms with Crippen molar-refractivity contribution in [3.05, 3.63) is 91.6 Å². The Labute approximate surface area is 175 Å². The maximum atomic E-state index is 12.9. The average molecular weight is 423 g/mol. The van der Waals surface area contributed by atoms with Crippen molar-refractivity contribution in [2.24, 2.45) is 5.10 Å². The number of H-pyrrole nitrogens is 1. The van der Waals surface area contributed by atoms with Crippen LogP contribution in [0.5, 0.6) is 5.88 Å². The number of aromatic hydroxyl groups is 1. The van der Waals surface area contributed by atoms with Crippen molar-refractivity contribution in [3.63, 3.8) is 0 Å². The van der Waals surface area contributed by atoms with Crippen molar-refractivity contribution >= 4 is 35.0 Å². The van der Waals surface area contributed by atoms with Gasteiger partial charge in [-0.05, 0) is 43.3 Å². The summed E-state index contributed by atoms with van der Waals surface area (Å²) in [6.07, 6.45) is 1.22. The highest BCUT2D eigenvalue weighted by Gasteiger charge is 2.29. The van der Waals surface area contributed by atoms with Gasteiger partial charge in [-0.25, -0.2) is 9.36 Å². The van der Waals surface area contributed by atoms with Gasteiger partial charge in [0.2, 0.25) is 5.88 Å². The summed E-state index contributed by atoms with van der Waals surface area (Å²) in [4.78, 5) is 39.7. The van der Waals surface area contributed by atoms with E-state index in [0.717, 1.165) is 4.57 Å². The summed E-state index contributed by atoms with van der Waals surface area (Å²) in [5, 5.41) is 16.5. The maximum absolute atomic E-state index is 12.9. The van der Waals surface area contributed by atoms with E-state index in [4.69, 9.17) is 11.6 Å². The fraction of sp³-hybridized carbons (Fsp3) is 0.0476. The molecular formula is C21H15ClN4O4. The molecule has 1 amide bonds. The quantitative estimate of drug-likeness (QED) is 0.632. The Balaban J connectivity index is 1.84. The Kier molecular flexibility index (Phi) is 4.85. The standard InChI is InChI=1S/C21H15ClN4O4/c1-12-16(20(29)26(24-12)14-7-3-2-4-8-14)11-17-18(27)23-21(30)25(19(17)28)15-9-5-6-13(22)10-15/h2-11,28H,1H3,(H,23,27,30). The fourth-order valence-corrected chi connectivity index (χ4v) is 3.28. The molecule has 0 bridgehead atoms. The highest BCUT2D eigenvalue weighted by atomic mass is 35.5. The molecule has 8 nitrogen and oxygen atoms in total. The van der Waals surface area contributed by atoms with Crippen LogP contribution in [0.4, 0.5) is 5.69 Å². The van der Waals surface area contributed by atoms with Crippen LogP contribution in [-0.4, -0.2) is 26.3 Å². The fourth-order valence-electron chi connectivity index (χ4n) is 3.10. The highest BCUT2D eigenvalue weighted by Crippen LogP contribution is 2.26. The van der Waals surface area contributed by atoms with Crippen LogP contribution in [0.3, 0.4) is 0 Å². The molecule has 0 saturated heterocycles. The van der Waals surface area contributed by atoms with Gasteiger partial charge in [-0.1, -0.05) is 35.9 Å². The first kappa shape index (κ1) is 19.4. The van der Waals surface area contributed by atoms with Crippen LogP contribution in [0.2, 0.25) is 5.02 Å². The maximum Gasteiger partial charge on any atom is 0.335 e. The van der Waals surface area contributed by atoms with E-state index < -0.39 is 23.0 Å². The molecule has 0 radical (unpaired) electrons. The molecule has 9 heteroatoms. The predicted octanol–water partition coefficient (Wildman–Crippen LogP) is 2.69. The number of halogens is 1. The summed E-state index contributed by atoms with van der Waals surface area (Å²) in [6.45, 7) is 1.62. The molecule has 3 aromatic rings. The Morgan fingerprint density at radius 2 is 1.73 bits per heavy atom. The van der Waals surface area contributed by atoms with Crippen LogP contribution in [-0.2, 0) is 4.79 Å². The molecule has 4 rings (SSSR count). The van der Waals surface area contributed by atoms with E-state index in [1.807, 2.05) is 6.07 Å². The van der Waals surface area contributed by atoms with Crippen molar-refractivity contribution in [2.45, 2.75) is 6.92 Å². The minimum atomic E-state index is -0.837. The summed E-state index contributed by atoms with van der Waals surface area (Å²) >= 11 is 5.97. The number of nitrogens with one attached hydrogen (secondary N) is 1. The smallest absolute Gasteiger partial charge is 0.335 e. The third-order valence-corrected chi connectivity index (χ3v) is 4.77. The lowest BCUT2D eigenvalue weighted by molar-refractivity contribution is -0.114. The van der Waals surface area contributed by atoms with Gasteiger partial charge in [0.15, 0.2) is 0 Å². The Morgan fingerprint density at radius 1 is 1.03 bits per heavy atom. The summed E-state index contributed by atoms with van der Waals surface area (Å²) < 4.78 is 0.903. The molecule has 0 fully saturated rings. The number of amides is 1. The predicted molar refractivity (Wildman–Crippen MR) is 114 cm³/mol. The number of aromatic amines is 1. The van der Waals surface area contributed by atoms with Crippen molar-refractivity contribution in [2.75, 3.05) is 5.01 Å². The van der Waals surface area contributed by atoms with E-state index in [9.17, 15) is 19.5 Å². The molecule has 2 N–H and O–H groups in total. The second-order valence-electron chi connectivity index (χ2n) is 6.51. The largest absolute Gasteiger partial charge is 0.494 e. The number of carbonyl (C=O) groups excluding carboxylic acids is 1. The molecule has 0 aliphatic carbocycles. The third-order valence-electron chi connectivity index (χ3n) is 4.54. The first-order valence-corrected chi connectivity index (χ1v) is 9.25. The van der Waals surface area contributed by atoms with Gasteiger partial charge in [0.25, 0.3) is 11.5 Å². The lowest BCUT2D eigenvalue weighted by atomic mass is 10.1. The lowest BCUT2D eigenvalue weighted by Gasteiger charge is -2.12. The van der Waals surface area contributed by atoms with Crippen molar-refractivity contribution in [1.82, 2.24) is 9.55 Å². The third kappa shape index (κ3) is 3.33. The van der Waals surface area contributed by atoms with Gasteiger partial charge < -0.3 is 5.11 Å². The van der Waals surface area contributed by atoms with Crippen LogP contribution >= 0.6 is 11.6 Å². The van der Waals surface area contributed by atoms with Crippen LogP contribution in [0.25, 0.3) is 11.8 Å². The highest BCUT2D eigenvalue weighted by molar-refractivity contribution is 6.32. The van der Waals surface area contributed by atoms with E-state index in [1.165, 1.54) is 17.2 Å². The van der Waals surface area contributed by atoms with E-state index in [-0.39, 0.29) is 16.8 Å². The molecule has 0 spiro atoms. The molecule has 0 atom stereocenters. The average Bonchev–Trinajstić information content (AvgIpc) is 2.99. The van der Waals surface area contributed by atoms with Gasteiger partial charge >= 0.3 is 5.69 Å². The number of anilines is 1. The molecule has 1 aliphatic rings. The minimum Gasteiger partial charge on any atom is -0.494 e. The Bertz CT molecular complexity index is 1340. The van der Waals surface area contributed by atoms with Crippen LogP contribution < -0.4 is 16.3 Å². The molecule has 0 unspecified atom stereocenters. The summed E-state index contributed by atoms with van der Waals surface area (Å²) in [6, 6.07) is 15.0. The van der Waals surface area contributed by atoms with Crippen LogP contribution in [0.1, 0.15) is 12.5 Å². The van der Waals surface area contributed by atoms with E-state index in [2.05, 4.69) is 10.1 Å². The number of hydrazone groups is 1. The number of hydrogen-bond acceptors (Lipinski definition) is 5. The second kappa shape index (κ2) is 7.49. The monoisotopic (exact) mass is 422 g/mol. The van der Waals surface area contributed by atoms with Gasteiger partial charge in [0, 0.05) is 5.02 Å². The normalized spacial score (nSPS) is 15.0. The second-order valence-corrected chi connectivity index (χ2v) is 6.94. The zero-order chi connectivity index (χ0) is 21.4. The SMILES string of the molecule is CC1=NN(c2ccccc2)C(=O)C1=Cc1c(O)n(-c2cccc(Cl)c2)c(=O)[nH]c1=O. The zero-order valence-corrected chi connectivity index (χ0v) is 16.4. The molecule has 0 saturated carbocycles. The van der Waals surface area contributed by atoms with Crippen molar-refractivity contribution in [3.8, 4) is 11.6 Å². The van der Waals surface area contributed by atoms with E-state index in [1.54, 1.807) is 49.4 Å². The van der Waals surface area contributed by atoms with E-state index >= 15 is 0 Å². The number of para-hydroxylation sites is 1. The Morgan fingerprint density at radius 3 is 2.43 bits per heavy atom. The molecule has 30 heavy (non-hydrogen) atoms. The number of aromatic nitrogens is 2. The van der Waals surface area contributed by atoms with Crippen LogP contribution in [0.15, 0.2) is 74.9 Å². The number of benzene rings is 2. The number of carbonyl (C=O) groups is 1. The summed E-state index contributed by atoms with van der Waals surface area (Å²) in [5.74, 6) is -1.07. The molecule has 1 aromatic heterocycles. The van der Waals surface area contributed by atoms with Gasteiger partial charge in [-0.2, -0.15) is 10.1 Å². The number of hydrogen-bond donors (Lipinski definition) is 2. The first-order valence-electron chi connectivity index (χ1n) is 8.88.